The first-order chi connectivity index (χ1) is 10.7. The molecule has 2 aromatic heterocycles. The molecular formula is C16H11FN4O. The van der Waals surface area contributed by atoms with Crippen molar-refractivity contribution < 1.29 is 9.18 Å². The van der Waals surface area contributed by atoms with Crippen LogP contribution in [-0.4, -0.2) is 20.9 Å². The van der Waals surface area contributed by atoms with Crippen molar-refractivity contribution in [2.45, 2.75) is 0 Å². The number of anilines is 1. The van der Waals surface area contributed by atoms with Crippen molar-refractivity contribution in [3.63, 3.8) is 0 Å². The zero-order valence-electron chi connectivity index (χ0n) is 11.4. The molecule has 1 aromatic carbocycles. The van der Waals surface area contributed by atoms with E-state index in [2.05, 4.69) is 20.3 Å². The first-order valence-electron chi connectivity index (χ1n) is 6.52. The van der Waals surface area contributed by atoms with Crippen molar-refractivity contribution in [3.05, 3.63) is 72.7 Å². The smallest absolute Gasteiger partial charge is 0.274 e. The number of aromatic nitrogens is 3. The van der Waals surface area contributed by atoms with Gasteiger partial charge in [-0.2, -0.15) is 0 Å². The summed E-state index contributed by atoms with van der Waals surface area (Å²) in [5.41, 5.74) is 1.82. The van der Waals surface area contributed by atoms with Crippen LogP contribution in [0.1, 0.15) is 10.5 Å². The second-order valence-electron chi connectivity index (χ2n) is 4.49. The molecule has 1 amide bonds. The molecule has 0 unspecified atom stereocenters. The summed E-state index contributed by atoms with van der Waals surface area (Å²) in [6.07, 6.45) is 4.42. The number of hydrogen-bond donors (Lipinski definition) is 1. The molecular weight excluding hydrogens is 283 g/mol. The van der Waals surface area contributed by atoms with E-state index in [-0.39, 0.29) is 17.4 Å². The van der Waals surface area contributed by atoms with Crippen LogP contribution in [-0.2, 0) is 0 Å². The summed E-state index contributed by atoms with van der Waals surface area (Å²) in [7, 11) is 0. The first-order valence-corrected chi connectivity index (χ1v) is 6.52. The van der Waals surface area contributed by atoms with E-state index in [1.54, 1.807) is 30.5 Å². The Labute approximate surface area is 125 Å². The lowest BCUT2D eigenvalue weighted by Crippen LogP contribution is -2.14. The fraction of sp³-hybridized carbons (Fsp3) is 0. The summed E-state index contributed by atoms with van der Waals surface area (Å²) >= 11 is 0. The highest BCUT2D eigenvalue weighted by molar-refractivity contribution is 6.03. The fourth-order valence-electron chi connectivity index (χ4n) is 1.92. The predicted molar refractivity (Wildman–Crippen MR) is 79.6 cm³/mol. The van der Waals surface area contributed by atoms with Gasteiger partial charge in [0.15, 0.2) is 0 Å². The standard InChI is InChI=1S/C16H11FN4O/c17-12-4-1-3-11(7-12)14-8-15(20-10-19-14)16(22)21-13-5-2-6-18-9-13/h1-10H,(H,21,22). The van der Waals surface area contributed by atoms with Crippen molar-refractivity contribution >= 4 is 11.6 Å². The molecule has 0 radical (unpaired) electrons. The van der Waals surface area contributed by atoms with Gasteiger partial charge in [0.25, 0.3) is 5.91 Å². The van der Waals surface area contributed by atoms with E-state index < -0.39 is 0 Å². The monoisotopic (exact) mass is 294 g/mol. The second kappa shape index (κ2) is 6.09. The Morgan fingerprint density at radius 2 is 2.00 bits per heavy atom. The van der Waals surface area contributed by atoms with Crippen LogP contribution in [0.3, 0.4) is 0 Å². The van der Waals surface area contributed by atoms with Crippen molar-refractivity contribution in [3.8, 4) is 11.3 Å². The Hall–Kier alpha value is -3.15. The largest absolute Gasteiger partial charge is 0.319 e. The molecule has 0 saturated heterocycles. The van der Waals surface area contributed by atoms with Gasteiger partial charge in [-0.05, 0) is 30.3 Å². The Balaban J connectivity index is 1.86. The van der Waals surface area contributed by atoms with Crippen LogP contribution in [0, 0.1) is 5.82 Å². The second-order valence-corrected chi connectivity index (χ2v) is 4.49. The van der Waals surface area contributed by atoms with E-state index in [0.717, 1.165) is 0 Å². The van der Waals surface area contributed by atoms with Crippen molar-refractivity contribution in [2.75, 3.05) is 5.32 Å². The Morgan fingerprint density at radius 3 is 2.77 bits per heavy atom. The van der Waals surface area contributed by atoms with E-state index in [0.29, 0.717) is 16.9 Å². The van der Waals surface area contributed by atoms with Crippen LogP contribution in [0.15, 0.2) is 61.2 Å². The lowest BCUT2D eigenvalue weighted by atomic mass is 10.1. The molecule has 0 spiro atoms. The highest BCUT2D eigenvalue weighted by Crippen LogP contribution is 2.18. The molecule has 0 fully saturated rings. The average molecular weight is 294 g/mol. The number of halogens is 1. The average Bonchev–Trinajstić information content (AvgIpc) is 2.56. The maximum absolute atomic E-state index is 13.3. The zero-order chi connectivity index (χ0) is 15.4. The Kier molecular flexibility index (Phi) is 3.82. The SMILES string of the molecule is O=C(Nc1cccnc1)c1cc(-c2cccc(F)c2)ncn1. The van der Waals surface area contributed by atoms with Gasteiger partial charge in [0, 0.05) is 11.8 Å². The molecule has 108 valence electrons. The number of carbonyl (C=O) groups is 1. The minimum Gasteiger partial charge on any atom is -0.319 e. The molecule has 3 aromatic rings. The minimum absolute atomic E-state index is 0.193. The molecule has 22 heavy (non-hydrogen) atoms. The molecule has 2 heterocycles. The molecule has 3 rings (SSSR count). The summed E-state index contributed by atoms with van der Waals surface area (Å²) in [6.45, 7) is 0. The van der Waals surface area contributed by atoms with Crippen molar-refractivity contribution in [1.82, 2.24) is 15.0 Å². The number of rotatable bonds is 3. The van der Waals surface area contributed by atoms with Crippen LogP contribution >= 0.6 is 0 Å². The minimum atomic E-state index is -0.381. The lowest BCUT2D eigenvalue weighted by molar-refractivity contribution is 0.102. The highest BCUT2D eigenvalue weighted by Gasteiger charge is 2.10. The third-order valence-electron chi connectivity index (χ3n) is 2.94. The summed E-state index contributed by atoms with van der Waals surface area (Å²) in [6, 6.07) is 11.0. The third kappa shape index (κ3) is 3.12. The number of nitrogens with one attached hydrogen (secondary N) is 1. The number of nitrogens with zero attached hydrogens (tertiary/aromatic N) is 3. The number of pyridine rings is 1. The van der Waals surface area contributed by atoms with Gasteiger partial charge in [-0.3, -0.25) is 9.78 Å². The van der Waals surface area contributed by atoms with Crippen molar-refractivity contribution in [2.24, 2.45) is 0 Å². The summed E-state index contributed by atoms with van der Waals surface area (Å²) in [5, 5.41) is 2.68. The Morgan fingerprint density at radius 1 is 1.09 bits per heavy atom. The van der Waals surface area contributed by atoms with E-state index in [1.165, 1.54) is 30.7 Å². The summed E-state index contributed by atoms with van der Waals surface area (Å²) < 4.78 is 13.3. The van der Waals surface area contributed by atoms with Crippen LogP contribution < -0.4 is 5.32 Å². The van der Waals surface area contributed by atoms with Crippen molar-refractivity contribution in [1.29, 1.82) is 0 Å². The number of amides is 1. The van der Waals surface area contributed by atoms with Gasteiger partial charge in [0.2, 0.25) is 0 Å². The maximum Gasteiger partial charge on any atom is 0.274 e. The van der Waals surface area contributed by atoms with Gasteiger partial charge in [0.05, 0.1) is 17.6 Å². The van der Waals surface area contributed by atoms with Gasteiger partial charge >= 0.3 is 0 Å². The molecule has 5 nitrogen and oxygen atoms in total. The molecule has 0 aliphatic carbocycles. The first kappa shape index (κ1) is 13.8. The molecule has 0 aliphatic rings. The van der Waals surface area contributed by atoms with Gasteiger partial charge in [-0.15, -0.1) is 0 Å². The molecule has 0 aliphatic heterocycles. The fourth-order valence-corrected chi connectivity index (χ4v) is 1.92. The highest BCUT2D eigenvalue weighted by atomic mass is 19.1. The normalized spacial score (nSPS) is 10.2. The van der Waals surface area contributed by atoms with Crippen LogP contribution in [0.5, 0.6) is 0 Å². The van der Waals surface area contributed by atoms with E-state index in [9.17, 15) is 9.18 Å². The molecule has 0 bridgehead atoms. The maximum atomic E-state index is 13.3. The number of hydrogen-bond acceptors (Lipinski definition) is 4. The number of benzene rings is 1. The van der Waals surface area contributed by atoms with E-state index in [1.807, 2.05) is 0 Å². The lowest BCUT2D eigenvalue weighted by Gasteiger charge is -2.05. The summed E-state index contributed by atoms with van der Waals surface area (Å²) in [5.74, 6) is -0.745. The van der Waals surface area contributed by atoms with Gasteiger partial charge < -0.3 is 5.32 Å². The van der Waals surface area contributed by atoms with Gasteiger partial charge in [-0.1, -0.05) is 12.1 Å². The van der Waals surface area contributed by atoms with E-state index in [4.69, 9.17) is 0 Å². The molecule has 0 atom stereocenters. The zero-order valence-corrected chi connectivity index (χ0v) is 11.4. The topological polar surface area (TPSA) is 67.8 Å². The summed E-state index contributed by atoms with van der Waals surface area (Å²) in [4.78, 5) is 24.1. The van der Waals surface area contributed by atoms with Gasteiger partial charge in [0.1, 0.15) is 17.8 Å². The van der Waals surface area contributed by atoms with Crippen LogP contribution in [0.25, 0.3) is 11.3 Å². The van der Waals surface area contributed by atoms with E-state index >= 15 is 0 Å². The molecule has 0 saturated carbocycles. The molecule has 1 N–H and O–H groups in total. The third-order valence-corrected chi connectivity index (χ3v) is 2.94. The van der Waals surface area contributed by atoms with Crippen LogP contribution in [0.2, 0.25) is 0 Å². The Bertz CT molecular complexity index is 808. The predicted octanol–water partition coefficient (Wildman–Crippen LogP) is 2.93. The van der Waals surface area contributed by atoms with Crippen LogP contribution in [0.4, 0.5) is 10.1 Å². The number of carbonyl (C=O) groups excluding carboxylic acids is 1. The van der Waals surface area contributed by atoms with Gasteiger partial charge in [-0.25, -0.2) is 14.4 Å². The quantitative estimate of drug-likeness (QED) is 0.806. The molecule has 6 heteroatoms.